The fraction of sp³-hybridized carbons (Fsp3) is 0.133. The first-order valence-corrected chi connectivity index (χ1v) is 5.84. The Morgan fingerprint density at radius 2 is 2.00 bits per heavy atom. The van der Waals surface area contributed by atoms with Crippen molar-refractivity contribution in [2.24, 2.45) is 0 Å². The molecule has 0 aliphatic rings. The summed E-state index contributed by atoms with van der Waals surface area (Å²) < 4.78 is 31.8. The average Bonchev–Trinajstić information content (AvgIpc) is 2.49. The summed E-state index contributed by atoms with van der Waals surface area (Å²) in [5.74, 6) is -0.410. The number of benzene rings is 2. The highest BCUT2D eigenvalue weighted by atomic mass is 19.1. The first kappa shape index (κ1) is 14.0. The molecule has 3 nitrogen and oxygen atoms in total. The van der Waals surface area contributed by atoms with Gasteiger partial charge in [0.05, 0.1) is 18.2 Å². The van der Waals surface area contributed by atoms with Crippen LogP contribution in [0.1, 0.15) is 16.7 Å². The Morgan fingerprint density at radius 1 is 1.20 bits per heavy atom. The standard InChI is InChI=1S/C15H11F2NO2/c16-7-12-6-13(3-2-11(12)8-18)20-15-4-1-10(9-19)5-14(15)17/h1-6,19H,7,9H2. The number of alkyl halides is 1. The molecule has 0 spiro atoms. The van der Waals surface area contributed by atoms with E-state index in [-0.39, 0.29) is 29.2 Å². The molecule has 102 valence electrons. The highest BCUT2D eigenvalue weighted by molar-refractivity contribution is 5.44. The largest absolute Gasteiger partial charge is 0.454 e. The lowest BCUT2D eigenvalue weighted by atomic mass is 10.1. The van der Waals surface area contributed by atoms with Gasteiger partial charge in [0.1, 0.15) is 12.4 Å². The predicted octanol–water partition coefficient (Wildman–Crippen LogP) is 3.45. The summed E-state index contributed by atoms with van der Waals surface area (Å²) in [5, 5.41) is 17.7. The highest BCUT2D eigenvalue weighted by Gasteiger charge is 2.08. The van der Waals surface area contributed by atoms with E-state index >= 15 is 0 Å². The van der Waals surface area contributed by atoms with E-state index in [1.54, 1.807) is 0 Å². The number of aliphatic hydroxyl groups excluding tert-OH is 1. The molecule has 0 saturated carbocycles. The fourth-order valence-electron chi connectivity index (χ4n) is 1.71. The Bertz CT molecular complexity index is 665. The molecule has 5 heteroatoms. The van der Waals surface area contributed by atoms with Crippen LogP contribution in [0.4, 0.5) is 8.78 Å². The summed E-state index contributed by atoms with van der Waals surface area (Å²) in [6.45, 7) is -1.06. The van der Waals surface area contributed by atoms with Crippen molar-refractivity contribution in [3.63, 3.8) is 0 Å². The SMILES string of the molecule is N#Cc1ccc(Oc2ccc(CO)cc2F)cc1CF. The smallest absolute Gasteiger partial charge is 0.166 e. The minimum atomic E-state index is -0.800. The molecule has 0 amide bonds. The molecular formula is C15H11F2NO2. The van der Waals surface area contributed by atoms with Crippen LogP contribution in [0, 0.1) is 17.1 Å². The van der Waals surface area contributed by atoms with Crippen LogP contribution in [-0.2, 0) is 13.3 Å². The minimum Gasteiger partial charge on any atom is -0.454 e. The van der Waals surface area contributed by atoms with Gasteiger partial charge in [-0.05, 0) is 35.9 Å². The maximum atomic E-state index is 13.7. The number of ether oxygens (including phenoxy) is 1. The number of aliphatic hydroxyl groups is 1. The summed E-state index contributed by atoms with van der Waals surface area (Å²) in [6, 6.07) is 10.2. The third-order valence-electron chi connectivity index (χ3n) is 2.75. The van der Waals surface area contributed by atoms with Crippen LogP contribution in [0.2, 0.25) is 0 Å². The van der Waals surface area contributed by atoms with Gasteiger partial charge in [-0.1, -0.05) is 6.07 Å². The zero-order chi connectivity index (χ0) is 14.5. The van der Waals surface area contributed by atoms with Crippen molar-refractivity contribution in [2.45, 2.75) is 13.3 Å². The van der Waals surface area contributed by atoms with Gasteiger partial charge in [0, 0.05) is 5.56 Å². The topological polar surface area (TPSA) is 53.2 Å². The molecule has 0 saturated heterocycles. The van der Waals surface area contributed by atoms with E-state index in [9.17, 15) is 8.78 Å². The lowest BCUT2D eigenvalue weighted by Gasteiger charge is -2.09. The van der Waals surface area contributed by atoms with E-state index in [4.69, 9.17) is 15.1 Å². The van der Waals surface area contributed by atoms with Crippen LogP contribution in [0.25, 0.3) is 0 Å². The van der Waals surface area contributed by atoms with E-state index in [0.29, 0.717) is 5.56 Å². The van der Waals surface area contributed by atoms with Crippen LogP contribution in [0.5, 0.6) is 11.5 Å². The van der Waals surface area contributed by atoms with Gasteiger partial charge in [-0.2, -0.15) is 5.26 Å². The van der Waals surface area contributed by atoms with Gasteiger partial charge in [0.15, 0.2) is 11.6 Å². The highest BCUT2D eigenvalue weighted by Crippen LogP contribution is 2.27. The molecule has 0 unspecified atom stereocenters. The lowest BCUT2D eigenvalue weighted by molar-refractivity contribution is 0.281. The van der Waals surface area contributed by atoms with E-state index in [2.05, 4.69) is 0 Å². The van der Waals surface area contributed by atoms with Crippen molar-refractivity contribution in [3.05, 3.63) is 58.9 Å². The van der Waals surface area contributed by atoms with Gasteiger partial charge >= 0.3 is 0 Å². The van der Waals surface area contributed by atoms with E-state index < -0.39 is 12.5 Å². The Hall–Kier alpha value is -2.45. The zero-order valence-corrected chi connectivity index (χ0v) is 10.4. The molecule has 0 aromatic heterocycles. The van der Waals surface area contributed by atoms with Gasteiger partial charge in [-0.25, -0.2) is 8.78 Å². The van der Waals surface area contributed by atoms with Gasteiger partial charge in [-0.15, -0.1) is 0 Å². The Labute approximate surface area is 114 Å². The normalized spacial score (nSPS) is 10.1. The van der Waals surface area contributed by atoms with Crippen LogP contribution < -0.4 is 4.74 Å². The molecule has 20 heavy (non-hydrogen) atoms. The van der Waals surface area contributed by atoms with E-state index in [0.717, 1.165) is 6.07 Å². The zero-order valence-electron chi connectivity index (χ0n) is 10.4. The molecule has 1 N–H and O–H groups in total. The summed E-state index contributed by atoms with van der Waals surface area (Å²) in [5.41, 5.74) is 0.840. The van der Waals surface area contributed by atoms with Gasteiger partial charge in [0.25, 0.3) is 0 Å². The van der Waals surface area contributed by atoms with Gasteiger partial charge < -0.3 is 9.84 Å². The minimum absolute atomic E-state index is 0.0308. The second kappa shape index (κ2) is 6.13. The molecule has 0 radical (unpaired) electrons. The summed E-state index contributed by atoms with van der Waals surface area (Å²) in [6.07, 6.45) is 0. The number of nitriles is 1. The number of halogens is 2. The second-order valence-electron chi connectivity index (χ2n) is 4.09. The molecule has 2 aromatic carbocycles. The third-order valence-corrected chi connectivity index (χ3v) is 2.75. The van der Waals surface area contributed by atoms with Crippen molar-refractivity contribution < 1.29 is 18.6 Å². The van der Waals surface area contributed by atoms with Crippen molar-refractivity contribution in [2.75, 3.05) is 0 Å². The molecule has 0 aliphatic carbocycles. The van der Waals surface area contributed by atoms with Crippen molar-refractivity contribution in [3.8, 4) is 17.6 Å². The first-order chi connectivity index (χ1) is 9.67. The van der Waals surface area contributed by atoms with Crippen LogP contribution in [0.3, 0.4) is 0 Å². The summed E-state index contributed by atoms with van der Waals surface area (Å²) in [7, 11) is 0. The number of nitrogens with zero attached hydrogens (tertiary/aromatic N) is 1. The maximum absolute atomic E-state index is 13.7. The molecule has 0 heterocycles. The maximum Gasteiger partial charge on any atom is 0.166 e. The Balaban J connectivity index is 2.28. The molecular weight excluding hydrogens is 264 g/mol. The van der Waals surface area contributed by atoms with E-state index in [1.807, 2.05) is 6.07 Å². The van der Waals surface area contributed by atoms with Crippen LogP contribution >= 0.6 is 0 Å². The Kier molecular flexibility index (Phi) is 4.28. The van der Waals surface area contributed by atoms with Crippen LogP contribution in [-0.4, -0.2) is 5.11 Å². The van der Waals surface area contributed by atoms with Gasteiger partial charge in [-0.3, -0.25) is 0 Å². The number of hydrogen-bond acceptors (Lipinski definition) is 3. The summed E-state index contributed by atoms with van der Waals surface area (Å²) in [4.78, 5) is 0. The molecule has 0 aliphatic heterocycles. The molecule has 0 bridgehead atoms. The van der Waals surface area contributed by atoms with Crippen molar-refractivity contribution in [1.29, 1.82) is 5.26 Å². The summed E-state index contributed by atoms with van der Waals surface area (Å²) >= 11 is 0. The Morgan fingerprint density at radius 3 is 2.60 bits per heavy atom. The van der Waals surface area contributed by atoms with Gasteiger partial charge in [0.2, 0.25) is 0 Å². The number of rotatable bonds is 4. The second-order valence-corrected chi connectivity index (χ2v) is 4.09. The molecule has 2 aromatic rings. The predicted molar refractivity (Wildman–Crippen MR) is 68.4 cm³/mol. The average molecular weight is 275 g/mol. The van der Waals surface area contributed by atoms with Crippen molar-refractivity contribution >= 4 is 0 Å². The third kappa shape index (κ3) is 2.92. The quantitative estimate of drug-likeness (QED) is 0.929. The monoisotopic (exact) mass is 275 g/mol. The van der Waals surface area contributed by atoms with Crippen LogP contribution in [0.15, 0.2) is 36.4 Å². The molecule has 0 atom stereocenters. The first-order valence-electron chi connectivity index (χ1n) is 5.84. The fourth-order valence-corrected chi connectivity index (χ4v) is 1.71. The lowest BCUT2D eigenvalue weighted by Crippen LogP contribution is -1.93. The molecule has 2 rings (SSSR count). The van der Waals surface area contributed by atoms with E-state index in [1.165, 1.54) is 30.3 Å². The molecule has 0 fully saturated rings. The van der Waals surface area contributed by atoms with Crippen molar-refractivity contribution in [1.82, 2.24) is 0 Å². The number of hydrogen-bond donors (Lipinski definition) is 1.